The highest BCUT2D eigenvalue weighted by molar-refractivity contribution is 5.95. The Morgan fingerprint density at radius 2 is 1.63 bits per heavy atom. The minimum atomic E-state index is -0.105. The summed E-state index contributed by atoms with van der Waals surface area (Å²) in [7, 11) is 5.83. The highest BCUT2D eigenvalue weighted by atomic mass is 16.2. The van der Waals surface area contributed by atoms with Gasteiger partial charge in [0.15, 0.2) is 0 Å². The van der Waals surface area contributed by atoms with Gasteiger partial charge in [0, 0.05) is 25.2 Å². The van der Waals surface area contributed by atoms with E-state index in [-0.39, 0.29) is 18.0 Å². The molecule has 1 saturated heterocycles. The van der Waals surface area contributed by atoms with Crippen LogP contribution in [0.5, 0.6) is 0 Å². The number of likely N-dealkylation sites (N-methyl/N-ethyl adjacent to an activating group) is 1. The number of carbonyl (C=O) groups excluding carboxylic acids is 1. The minimum Gasteiger partial charge on any atom is -0.315 e. The molecule has 1 aliphatic rings. The van der Waals surface area contributed by atoms with E-state index in [2.05, 4.69) is 41.1 Å². The molecule has 2 unspecified atom stereocenters. The quantitative estimate of drug-likeness (QED) is 0.329. The summed E-state index contributed by atoms with van der Waals surface area (Å²) in [6, 6.07) is 0.420. The number of hydrazine groups is 1. The van der Waals surface area contributed by atoms with Crippen LogP contribution in [0.4, 0.5) is 0 Å². The van der Waals surface area contributed by atoms with Crippen molar-refractivity contribution in [2.45, 2.75) is 67.0 Å². The van der Waals surface area contributed by atoms with Crippen LogP contribution in [0.15, 0.2) is 24.8 Å². The first-order valence-corrected chi connectivity index (χ1v) is 10.0. The summed E-state index contributed by atoms with van der Waals surface area (Å²) in [5, 5.41) is 5.03. The number of amides is 1. The third kappa shape index (κ3) is 14.2. The van der Waals surface area contributed by atoms with E-state index in [9.17, 15) is 4.79 Å². The van der Waals surface area contributed by atoms with E-state index in [1.54, 1.807) is 19.0 Å². The molecule has 0 saturated carbocycles. The molecule has 0 aliphatic carbocycles. The summed E-state index contributed by atoms with van der Waals surface area (Å²) in [5.41, 5.74) is 3.41. The zero-order valence-corrected chi connectivity index (χ0v) is 19.6. The zero-order valence-electron chi connectivity index (χ0n) is 19.6. The Morgan fingerprint density at radius 3 is 1.96 bits per heavy atom. The molecule has 0 aromatic carbocycles. The van der Waals surface area contributed by atoms with Crippen molar-refractivity contribution < 1.29 is 4.79 Å². The van der Waals surface area contributed by atoms with Gasteiger partial charge in [-0.05, 0) is 34.0 Å². The van der Waals surface area contributed by atoms with Gasteiger partial charge < -0.3 is 10.2 Å². The summed E-state index contributed by atoms with van der Waals surface area (Å²) in [6.45, 7) is 22.8. The lowest BCUT2D eigenvalue weighted by Crippen LogP contribution is -2.62. The van der Waals surface area contributed by atoms with Gasteiger partial charge in [0.1, 0.15) is 0 Å². The lowest BCUT2D eigenvalue weighted by Gasteiger charge is -2.42. The van der Waals surface area contributed by atoms with Gasteiger partial charge in [-0.3, -0.25) is 9.80 Å². The molecule has 0 aromatic rings. The first kappa shape index (κ1) is 33.0. The van der Waals surface area contributed by atoms with Gasteiger partial charge in [0.25, 0.3) is 5.91 Å². The van der Waals surface area contributed by atoms with Gasteiger partial charge in [-0.25, -0.2) is 5.43 Å². The zero-order chi connectivity index (χ0) is 22.4. The largest absolute Gasteiger partial charge is 0.315 e. The highest BCUT2D eigenvalue weighted by Gasteiger charge is 2.34. The maximum absolute atomic E-state index is 12.2. The van der Waals surface area contributed by atoms with Crippen LogP contribution < -0.4 is 10.7 Å². The lowest BCUT2D eigenvalue weighted by atomic mass is 9.98. The van der Waals surface area contributed by atoms with Gasteiger partial charge >= 0.3 is 0 Å². The smallest absolute Gasteiger partial charge is 0.267 e. The molecule has 2 atom stereocenters. The Labute approximate surface area is 170 Å². The molecule has 1 heterocycles. The van der Waals surface area contributed by atoms with E-state index in [0.29, 0.717) is 5.57 Å². The molecule has 160 valence electrons. The SMILES string of the molecule is C#CC.C=CC(=C)C(=O)N(NC)C1CCNCC1N(C)C.CC.CC.CC. The Balaban J connectivity index is -0.000000253. The molecule has 0 aromatic heterocycles. The standard InChI is InChI=1S/C13H24N4O.C3H4.3C2H6/c1-6-10(2)13(18)17(14-3)11-7-8-15-9-12(11)16(4)5;1-3-2;3*1-2/h6,11-12,14-15H,1-2,7-9H2,3-5H3;1H,2H3;3*1-2H3. The summed E-state index contributed by atoms with van der Waals surface area (Å²) in [6.07, 6.45) is 7.01. The fourth-order valence-corrected chi connectivity index (χ4v) is 2.32. The molecule has 27 heavy (non-hydrogen) atoms. The van der Waals surface area contributed by atoms with E-state index in [0.717, 1.165) is 19.5 Å². The van der Waals surface area contributed by atoms with Crippen molar-refractivity contribution in [3.8, 4) is 12.3 Å². The average molecular weight is 383 g/mol. The van der Waals surface area contributed by atoms with E-state index in [1.165, 1.54) is 6.08 Å². The molecule has 0 radical (unpaired) electrons. The molecule has 0 spiro atoms. The first-order valence-electron chi connectivity index (χ1n) is 10.0. The normalized spacial score (nSPS) is 16.8. The molecular formula is C22H46N4O. The lowest BCUT2D eigenvalue weighted by molar-refractivity contribution is -0.134. The molecule has 1 amide bonds. The van der Waals surface area contributed by atoms with E-state index in [4.69, 9.17) is 0 Å². The number of carbonyl (C=O) groups is 1. The van der Waals surface area contributed by atoms with Crippen LogP contribution in [0, 0.1) is 12.3 Å². The number of piperidine rings is 1. The van der Waals surface area contributed by atoms with Crippen molar-refractivity contribution in [1.29, 1.82) is 0 Å². The highest BCUT2D eigenvalue weighted by Crippen LogP contribution is 2.16. The van der Waals surface area contributed by atoms with Crippen molar-refractivity contribution in [1.82, 2.24) is 20.7 Å². The number of rotatable bonds is 5. The number of terminal acetylenes is 1. The summed E-state index contributed by atoms with van der Waals surface area (Å²) >= 11 is 0. The number of hydrogen-bond donors (Lipinski definition) is 2. The Kier molecular flexibility index (Phi) is 29.8. The summed E-state index contributed by atoms with van der Waals surface area (Å²) in [4.78, 5) is 14.4. The van der Waals surface area contributed by atoms with Crippen molar-refractivity contribution >= 4 is 5.91 Å². The Hall–Kier alpha value is -1.61. The van der Waals surface area contributed by atoms with Gasteiger partial charge in [-0.1, -0.05) is 60.8 Å². The van der Waals surface area contributed by atoms with Crippen LogP contribution in [0.3, 0.4) is 0 Å². The van der Waals surface area contributed by atoms with Crippen LogP contribution in [-0.2, 0) is 4.79 Å². The Bertz CT molecular complexity index is 400. The van der Waals surface area contributed by atoms with Gasteiger partial charge in [-0.15, -0.1) is 12.3 Å². The van der Waals surface area contributed by atoms with Gasteiger partial charge in [0.2, 0.25) is 0 Å². The van der Waals surface area contributed by atoms with Crippen molar-refractivity contribution in [2.75, 3.05) is 34.2 Å². The van der Waals surface area contributed by atoms with Crippen molar-refractivity contribution in [2.24, 2.45) is 0 Å². The van der Waals surface area contributed by atoms with Crippen molar-refractivity contribution in [3.63, 3.8) is 0 Å². The van der Waals surface area contributed by atoms with Crippen molar-refractivity contribution in [3.05, 3.63) is 24.8 Å². The molecule has 0 bridgehead atoms. The molecule has 5 heteroatoms. The van der Waals surface area contributed by atoms with Crippen LogP contribution in [0.25, 0.3) is 0 Å². The van der Waals surface area contributed by atoms with Crippen LogP contribution >= 0.6 is 0 Å². The second-order valence-corrected chi connectivity index (χ2v) is 5.01. The third-order valence-corrected chi connectivity index (χ3v) is 3.39. The third-order valence-electron chi connectivity index (χ3n) is 3.39. The molecular weight excluding hydrogens is 336 g/mol. The topological polar surface area (TPSA) is 47.6 Å². The monoisotopic (exact) mass is 382 g/mol. The van der Waals surface area contributed by atoms with Gasteiger partial charge in [-0.2, -0.15) is 0 Å². The Morgan fingerprint density at radius 1 is 1.19 bits per heavy atom. The van der Waals surface area contributed by atoms with Crippen LogP contribution in [0.1, 0.15) is 54.9 Å². The molecule has 5 nitrogen and oxygen atoms in total. The van der Waals surface area contributed by atoms with E-state index in [1.807, 2.05) is 55.6 Å². The van der Waals surface area contributed by atoms with E-state index >= 15 is 0 Å². The average Bonchev–Trinajstić information content (AvgIpc) is 2.73. The molecule has 1 fully saturated rings. The van der Waals surface area contributed by atoms with Gasteiger partial charge in [0.05, 0.1) is 6.04 Å². The second-order valence-electron chi connectivity index (χ2n) is 5.01. The van der Waals surface area contributed by atoms with Crippen LogP contribution in [0.2, 0.25) is 0 Å². The molecule has 1 aliphatic heterocycles. The molecule has 1 rings (SSSR count). The number of hydrogen-bond acceptors (Lipinski definition) is 4. The fourth-order valence-electron chi connectivity index (χ4n) is 2.32. The summed E-state index contributed by atoms with van der Waals surface area (Å²) < 4.78 is 0. The maximum Gasteiger partial charge on any atom is 0.267 e. The van der Waals surface area contributed by atoms with E-state index < -0.39 is 0 Å². The van der Waals surface area contributed by atoms with Crippen LogP contribution in [-0.4, -0.2) is 62.1 Å². The number of nitrogens with zero attached hydrogens (tertiary/aromatic N) is 2. The predicted octanol–water partition coefficient (Wildman–Crippen LogP) is 3.70. The second kappa shape index (κ2) is 24.4. The fraction of sp³-hybridized carbons (Fsp3) is 0.682. The number of nitrogens with one attached hydrogen (secondary N) is 2. The maximum atomic E-state index is 12.2. The summed E-state index contributed by atoms with van der Waals surface area (Å²) in [5.74, 6) is 2.14. The first-order chi connectivity index (χ1) is 12.9. The molecule has 2 N–H and O–H groups in total. The minimum absolute atomic E-state index is 0.105. The predicted molar refractivity (Wildman–Crippen MR) is 123 cm³/mol.